The highest BCUT2D eigenvalue weighted by Gasteiger charge is 2.13. The van der Waals surface area contributed by atoms with E-state index in [4.69, 9.17) is 14.2 Å². The van der Waals surface area contributed by atoms with E-state index < -0.39 is 18.5 Å². The highest BCUT2D eigenvalue weighted by atomic mass is 16.5. The van der Waals surface area contributed by atoms with Crippen LogP contribution in [0.25, 0.3) is 0 Å². The molecule has 2 aromatic rings. The van der Waals surface area contributed by atoms with Crippen molar-refractivity contribution in [2.24, 2.45) is 0 Å². The van der Waals surface area contributed by atoms with Gasteiger partial charge in [-0.3, -0.25) is 14.4 Å². The minimum Gasteiger partial charge on any atom is -0.490 e. The molecule has 8 heteroatoms. The Labute approximate surface area is 181 Å². The molecule has 0 aliphatic heterocycles. The van der Waals surface area contributed by atoms with Crippen LogP contribution in [0.4, 0.5) is 5.69 Å². The average Bonchev–Trinajstić information content (AvgIpc) is 2.74. The molecule has 0 saturated heterocycles. The maximum absolute atomic E-state index is 12.1. The highest BCUT2D eigenvalue weighted by molar-refractivity contribution is 5.97. The van der Waals surface area contributed by atoms with Crippen LogP contribution in [0.1, 0.15) is 35.3 Å². The van der Waals surface area contributed by atoms with E-state index in [-0.39, 0.29) is 12.5 Å². The van der Waals surface area contributed by atoms with E-state index in [1.807, 2.05) is 33.8 Å². The quantitative estimate of drug-likeness (QED) is 0.564. The van der Waals surface area contributed by atoms with E-state index in [0.29, 0.717) is 36.0 Å². The first-order valence-electron chi connectivity index (χ1n) is 10.0. The van der Waals surface area contributed by atoms with Gasteiger partial charge in [0.05, 0.1) is 13.2 Å². The zero-order valence-corrected chi connectivity index (χ0v) is 18.2. The van der Waals surface area contributed by atoms with Crippen molar-refractivity contribution in [1.29, 1.82) is 0 Å². The zero-order chi connectivity index (χ0) is 22.8. The number of ether oxygens (including phenoxy) is 3. The SMILES string of the molecule is CCOc1ccc(NC(=O)COC(=O)CNC(=O)c2ccc(C)c(C)c2)cc1OCC. The molecule has 0 spiro atoms. The highest BCUT2D eigenvalue weighted by Crippen LogP contribution is 2.30. The topological polar surface area (TPSA) is 103 Å². The molecule has 2 rings (SSSR count). The van der Waals surface area contributed by atoms with Crippen LogP contribution < -0.4 is 20.1 Å². The standard InChI is InChI=1S/C23H28N2O6/c1-5-29-19-10-9-18(12-20(19)30-6-2)25-21(26)14-31-22(27)13-24-23(28)17-8-7-15(3)16(4)11-17/h7-12H,5-6,13-14H2,1-4H3,(H,24,28)(H,25,26). The molecule has 2 aromatic carbocycles. The van der Waals surface area contributed by atoms with Crippen LogP contribution >= 0.6 is 0 Å². The summed E-state index contributed by atoms with van der Waals surface area (Å²) < 4.78 is 15.9. The lowest BCUT2D eigenvalue weighted by Gasteiger charge is -2.13. The van der Waals surface area contributed by atoms with Crippen molar-refractivity contribution in [3.63, 3.8) is 0 Å². The Morgan fingerprint density at radius 1 is 0.871 bits per heavy atom. The number of benzene rings is 2. The van der Waals surface area contributed by atoms with E-state index in [0.717, 1.165) is 11.1 Å². The average molecular weight is 428 g/mol. The van der Waals surface area contributed by atoms with Crippen LogP contribution in [0.2, 0.25) is 0 Å². The van der Waals surface area contributed by atoms with Crippen molar-refractivity contribution in [2.45, 2.75) is 27.7 Å². The number of aryl methyl sites for hydroxylation is 2. The van der Waals surface area contributed by atoms with Crippen LogP contribution in [0.3, 0.4) is 0 Å². The number of anilines is 1. The summed E-state index contributed by atoms with van der Waals surface area (Å²) in [5.74, 6) is -0.529. The molecule has 8 nitrogen and oxygen atoms in total. The summed E-state index contributed by atoms with van der Waals surface area (Å²) in [4.78, 5) is 36.1. The fourth-order valence-corrected chi connectivity index (χ4v) is 2.66. The molecule has 0 aliphatic rings. The number of nitrogens with one attached hydrogen (secondary N) is 2. The Morgan fingerprint density at radius 3 is 2.26 bits per heavy atom. The lowest BCUT2D eigenvalue weighted by Crippen LogP contribution is -2.32. The molecular formula is C23H28N2O6. The smallest absolute Gasteiger partial charge is 0.325 e. The van der Waals surface area contributed by atoms with Gasteiger partial charge in [0.15, 0.2) is 18.1 Å². The molecule has 31 heavy (non-hydrogen) atoms. The second-order valence-electron chi connectivity index (χ2n) is 6.72. The first-order chi connectivity index (χ1) is 14.8. The molecule has 0 atom stereocenters. The summed E-state index contributed by atoms with van der Waals surface area (Å²) in [6, 6.07) is 10.3. The molecule has 2 amide bonds. The number of hydrogen-bond donors (Lipinski definition) is 2. The van der Waals surface area contributed by atoms with Crippen LogP contribution in [0.5, 0.6) is 11.5 Å². The normalized spacial score (nSPS) is 10.2. The molecular weight excluding hydrogens is 400 g/mol. The number of esters is 1. The van der Waals surface area contributed by atoms with Crippen molar-refractivity contribution in [2.75, 3.05) is 31.7 Å². The van der Waals surface area contributed by atoms with E-state index >= 15 is 0 Å². The number of carbonyl (C=O) groups is 3. The second-order valence-corrected chi connectivity index (χ2v) is 6.72. The molecule has 0 bridgehead atoms. The summed E-state index contributed by atoms with van der Waals surface area (Å²) in [6.07, 6.45) is 0. The van der Waals surface area contributed by atoms with Crippen LogP contribution in [-0.4, -0.2) is 44.1 Å². The largest absolute Gasteiger partial charge is 0.490 e. The van der Waals surface area contributed by atoms with Crippen LogP contribution in [0.15, 0.2) is 36.4 Å². The van der Waals surface area contributed by atoms with Gasteiger partial charge in [0.2, 0.25) is 0 Å². The Kier molecular flexibility index (Phi) is 8.87. The number of amides is 2. The van der Waals surface area contributed by atoms with Gasteiger partial charge in [0.25, 0.3) is 11.8 Å². The molecule has 0 aromatic heterocycles. The lowest BCUT2D eigenvalue weighted by molar-refractivity contribution is -0.146. The van der Waals surface area contributed by atoms with E-state index in [1.54, 1.807) is 30.3 Å². The van der Waals surface area contributed by atoms with E-state index in [2.05, 4.69) is 10.6 Å². The van der Waals surface area contributed by atoms with Gasteiger partial charge in [-0.15, -0.1) is 0 Å². The summed E-state index contributed by atoms with van der Waals surface area (Å²) in [5, 5.41) is 5.11. The van der Waals surface area contributed by atoms with Gasteiger partial charge in [-0.05, 0) is 63.1 Å². The molecule has 0 heterocycles. The Hall–Kier alpha value is -3.55. The predicted molar refractivity (Wildman–Crippen MR) is 117 cm³/mol. The van der Waals surface area contributed by atoms with Gasteiger partial charge in [-0.25, -0.2) is 0 Å². The summed E-state index contributed by atoms with van der Waals surface area (Å²) in [6.45, 7) is 7.69. The van der Waals surface area contributed by atoms with Gasteiger partial charge in [0, 0.05) is 17.3 Å². The van der Waals surface area contributed by atoms with Gasteiger partial charge in [0.1, 0.15) is 6.54 Å². The molecule has 0 radical (unpaired) electrons. The third-order valence-corrected chi connectivity index (χ3v) is 4.35. The minimum absolute atomic E-state index is 0.337. The number of hydrogen-bond acceptors (Lipinski definition) is 6. The van der Waals surface area contributed by atoms with Crippen LogP contribution in [0, 0.1) is 13.8 Å². The third kappa shape index (κ3) is 7.33. The summed E-state index contributed by atoms with van der Waals surface area (Å²) in [5.41, 5.74) is 2.99. The monoisotopic (exact) mass is 428 g/mol. The van der Waals surface area contributed by atoms with Gasteiger partial charge < -0.3 is 24.8 Å². The first kappa shape index (κ1) is 23.7. The maximum Gasteiger partial charge on any atom is 0.325 e. The third-order valence-electron chi connectivity index (χ3n) is 4.35. The fourth-order valence-electron chi connectivity index (χ4n) is 2.66. The van der Waals surface area contributed by atoms with Crippen molar-refractivity contribution in [3.05, 3.63) is 53.1 Å². The zero-order valence-electron chi connectivity index (χ0n) is 18.2. The molecule has 166 valence electrons. The molecule has 0 saturated carbocycles. The maximum atomic E-state index is 12.1. The second kappa shape index (κ2) is 11.6. The molecule has 0 aliphatic carbocycles. The van der Waals surface area contributed by atoms with Gasteiger partial charge in [-0.2, -0.15) is 0 Å². The van der Waals surface area contributed by atoms with Crippen molar-refractivity contribution < 1.29 is 28.6 Å². The van der Waals surface area contributed by atoms with Crippen molar-refractivity contribution >= 4 is 23.5 Å². The molecule has 2 N–H and O–H groups in total. The van der Waals surface area contributed by atoms with Crippen molar-refractivity contribution in [1.82, 2.24) is 5.32 Å². The Balaban J connectivity index is 1.81. The number of carbonyl (C=O) groups excluding carboxylic acids is 3. The number of rotatable bonds is 10. The lowest BCUT2D eigenvalue weighted by atomic mass is 10.1. The molecule has 0 fully saturated rings. The first-order valence-corrected chi connectivity index (χ1v) is 10.0. The fraction of sp³-hybridized carbons (Fsp3) is 0.348. The Morgan fingerprint density at radius 2 is 1.58 bits per heavy atom. The minimum atomic E-state index is -0.714. The van der Waals surface area contributed by atoms with Gasteiger partial charge in [-0.1, -0.05) is 6.07 Å². The predicted octanol–water partition coefficient (Wildman–Crippen LogP) is 3.01. The molecule has 0 unspecified atom stereocenters. The van der Waals surface area contributed by atoms with Crippen molar-refractivity contribution in [3.8, 4) is 11.5 Å². The summed E-state index contributed by atoms with van der Waals surface area (Å²) >= 11 is 0. The van der Waals surface area contributed by atoms with Crippen LogP contribution in [-0.2, 0) is 14.3 Å². The van der Waals surface area contributed by atoms with E-state index in [9.17, 15) is 14.4 Å². The summed E-state index contributed by atoms with van der Waals surface area (Å²) in [7, 11) is 0. The van der Waals surface area contributed by atoms with Gasteiger partial charge >= 0.3 is 5.97 Å². The van der Waals surface area contributed by atoms with E-state index in [1.165, 1.54) is 0 Å². The Bertz CT molecular complexity index is 942.